The van der Waals surface area contributed by atoms with Gasteiger partial charge in [0.2, 0.25) is 5.91 Å². The lowest BCUT2D eigenvalue weighted by molar-refractivity contribution is -0.116. The van der Waals surface area contributed by atoms with Crippen LogP contribution in [-0.4, -0.2) is 20.9 Å². The fourth-order valence-corrected chi connectivity index (χ4v) is 4.33. The summed E-state index contributed by atoms with van der Waals surface area (Å²) in [5, 5.41) is 3.05. The molecule has 2 heterocycles. The Kier molecular flexibility index (Phi) is 6.90. The average molecular weight is 471 g/mol. The fourth-order valence-electron chi connectivity index (χ4n) is 4.33. The summed E-state index contributed by atoms with van der Waals surface area (Å²) in [7, 11) is 0. The van der Waals surface area contributed by atoms with Crippen LogP contribution in [0.3, 0.4) is 0 Å². The van der Waals surface area contributed by atoms with E-state index >= 15 is 0 Å². The molecule has 36 heavy (non-hydrogen) atoms. The molecule has 2 aromatic heterocycles. The predicted molar refractivity (Wildman–Crippen MR) is 143 cm³/mol. The highest BCUT2D eigenvalue weighted by molar-refractivity contribution is 5.92. The molecule has 176 valence electrons. The number of rotatable bonds is 7. The van der Waals surface area contributed by atoms with Gasteiger partial charge in [0.15, 0.2) is 0 Å². The van der Waals surface area contributed by atoms with Crippen LogP contribution in [0.2, 0.25) is 0 Å². The molecule has 0 aliphatic rings. The standard InChI is InChI=1S/C31H26N4O/c1-22-17-27(15-16-34-22)25-11-13-29(14-12-25)35-31(36)18-30(28-19-32-21-33-20-28)26-9-7-24(8-10-26)23-5-3-2-4-6-23/h2-17,19-21,30H,18H2,1H3,(H,35,36). The van der Waals surface area contributed by atoms with Gasteiger partial charge in [-0.15, -0.1) is 0 Å². The van der Waals surface area contributed by atoms with Crippen molar-refractivity contribution in [3.05, 3.63) is 133 Å². The maximum absolute atomic E-state index is 13.1. The number of hydrogen-bond acceptors (Lipinski definition) is 4. The van der Waals surface area contributed by atoms with E-state index in [0.717, 1.165) is 44.8 Å². The Morgan fingerprint density at radius 1 is 0.750 bits per heavy atom. The molecule has 0 fully saturated rings. The number of nitrogens with one attached hydrogen (secondary N) is 1. The number of nitrogens with zero attached hydrogens (tertiary/aromatic N) is 3. The highest BCUT2D eigenvalue weighted by Gasteiger charge is 2.19. The molecule has 0 aliphatic heterocycles. The first-order chi connectivity index (χ1) is 17.7. The van der Waals surface area contributed by atoms with Crippen LogP contribution >= 0.6 is 0 Å². The molecule has 0 saturated carbocycles. The van der Waals surface area contributed by atoms with Crippen LogP contribution in [0.25, 0.3) is 22.3 Å². The molecule has 0 spiro atoms. The van der Waals surface area contributed by atoms with Gasteiger partial charge < -0.3 is 5.32 Å². The van der Waals surface area contributed by atoms with Crippen molar-refractivity contribution < 1.29 is 4.79 Å². The minimum atomic E-state index is -0.157. The molecule has 1 atom stereocenters. The minimum Gasteiger partial charge on any atom is -0.326 e. The maximum Gasteiger partial charge on any atom is 0.225 e. The molecule has 5 heteroatoms. The first-order valence-corrected chi connectivity index (χ1v) is 11.9. The average Bonchev–Trinajstić information content (AvgIpc) is 2.93. The molecule has 0 bridgehead atoms. The summed E-state index contributed by atoms with van der Waals surface area (Å²) in [6.07, 6.45) is 7.15. The number of aryl methyl sites for hydroxylation is 1. The SMILES string of the molecule is Cc1cc(-c2ccc(NC(=O)CC(c3ccc(-c4ccccc4)cc3)c3cncnc3)cc2)ccn1. The number of anilines is 1. The van der Waals surface area contributed by atoms with Crippen molar-refractivity contribution in [2.24, 2.45) is 0 Å². The monoisotopic (exact) mass is 470 g/mol. The van der Waals surface area contributed by atoms with Crippen molar-refractivity contribution >= 4 is 11.6 Å². The Morgan fingerprint density at radius 3 is 2.08 bits per heavy atom. The van der Waals surface area contributed by atoms with Gasteiger partial charge in [-0.25, -0.2) is 9.97 Å². The van der Waals surface area contributed by atoms with E-state index in [-0.39, 0.29) is 18.2 Å². The molecule has 0 saturated heterocycles. The van der Waals surface area contributed by atoms with E-state index in [9.17, 15) is 4.79 Å². The first-order valence-electron chi connectivity index (χ1n) is 11.9. The van der Waals surface area contributed by atoms with E-state index in [1.807, 2.05) is 61.5 Å². The molecule has 5 rings (SSSR count). The second-order valence-corrected chi connectivity index (χ2v) is 8.73. The summed E-state index contributed by atoms with van der Waals surface area (Å²) in [6, 6.07) is 30.5. The molecule has 1 N–H and O–H groups in total. The zero-order valence-corrected chi connectivity index (χ0v) is 20.0. The lowest BCUT2D eigenvalue weighted by Gasteiger charge is -2.18. The van der Waals surface area contributed by atoms with Crippen LogP contribution in [0.1, 0.15) is 29.2 Å². The van der Waals surface area contributed by atoms with E-state index < -0.39 is 0 Å². The van der Waals surface area contributed by atoms with Crippen molar-refractivity contribution in [1.29, 1.82) is 0 Å². The van der Waals surface area contributed by atoms with Crippen LogP contribution in [0.15, 0.2) is 116 Å². The second-order valence-electron chi connectivity index (χ2n) is 8.73. The zero-order chi connectivity index (χ0) is 24.7. The Balaban J connectivity index is 1.33. The van der Waals surface area contributed by atoms with Gasteiger partial charge in [-0.1, -0.05) is 66.7 Å². The maximum atomic E-state index is 13.1. The lowest BCUT2D eigenvalue weighted by Crippen LogP contribution is -2.16. The second kappa shape index (κ2) is 10.7. The predicted octanol–water partition coefficient (Wildman–Crippen LogP) is 6.67. The highest BCUT2D eigenvalue weighted by atomic mass is 16.1. The van der Waals surface area contributed by atoms with Crippen molar-refractivity contribution in [1.82, 2.24) is 15.0 Å². The molecule has 3 aromatic carbocycles. The number of benzene rings is 3. The normalized spacial score (nSPS) is 11.6. The largest absolute Gasteiger partial charge is 0.326 e. The van der Waals surface area contributed by atoms with Gasteiger partial charge in [0, 0.05) is 42.3 Å². The van der Waals surface area contributed by atoms with E-state index in [1.165, 1.54) is 6.33 Å². The van der Waals surface area contributed by atoms with E-state index in [4.69, 9.17) is 0 Å². The van der Waals surface area contributed by atoms with Crippen molar-refractivity contribution in [3.8, 4) is 22.3 Å². The smallest absolute Gasteiger partial charge is 0.225 e. The number of aromatic nitrogens is 3. The third-order valence-corrected chi connectivity index (χ3v) is 6.19. The molecular weight excluding hydrogens is 444 g/mol. The summed E-state index contributed by atoms with van der Waals surface area (Å²) < 4.78 is 0. The summed E-state index contributed by atoms with van der Waals surface area (Å²) in [5.74, 6) is -0.224. The Bertz CT molecular complexity index is 1430. The third-order valence-electron chi connectivity index (χ3n) is 6.19. The van der Waals surface area contributed by atoms with Crippen LogP contribution in [0.5, 0.6) is 0 Å². The summed E-state index contributed by atoms with van der Waals surface area (Å²) >= 11 is 0. The number of pyridine rings is 1. The molecule has 0 radical (unpaired) electrons. The van der Waals surface area contributed by atoms with Gasteiger partial charge in [0.1, 0.15) is 6.33 Å². The van der Waals surface area contributed by atoms with E-state index in [0.29, 0.717) is 0 Å². The van der Waals surface area contributed by atoms with Crippen LogP contribution in [0.4, 0.5) is 5.69 Å². The molecule has 1 unspecified atom stereocenters. The molecule has 5 aromatic rings. The van der Waals surface area contributed by atoms with Gasteiger partial charge in [-0.3, -0.25) is 9.78 Å². The quantitative estimate of drug-likeness (QED) is 0.288. The van der Waals surface area contributed by atoms with Gasteiger partial charge >= 0.3 is 0 Å². The first kappa shape index (κ1) is 23.1. The van der Waals surface area contributed by atoms with Crippen LogP contribution in [-0.2, 0) is 4.79 Å². The van der Waals surface area contributed by atoms with Gasteiger partial charge in [0.05, 0.1) is 0 Å². The lowest BCUT2D eigenvalue weighted by atomic mass is 9.89. The summed E-state index contributed by atoms with van der Waals surface area (Å²) in [6.45, 7) is 1.97. The Labute approximate surface area is 210 Å². The number of carbonyl (C=O) groups is 1. The Morgan fingerprint density at radius 2 is 1.39 bits per heavy atom. The van der Waals surface area contributed by atoms with Gasteiger partial charge in [0.25, 0.3) is 0 Å². The van der Waals surface area contributed by atoms with E-state index in [2.05, 4.69) is 56.7 Å². The zero-order valence-electron chi connectivity index (χ0n) is 20.0. The van der Waals surface area contributed by atoms with Crippen LogP contribution < -0.4 is 5.32 Å². The minimum absolute atomic E-state index is 0.0662. The number of amides is 1. The molecule has 5 nitrogen and oxygen atoms in total. The fraction of sp³-hybridized carbons (Fsp3) is 0.0968. The molecule has 0 aliphatic carbocycles. The van der Waals surface area contributed by atoms with Crippen molar-refractivity contribution in [2.45, 2.75) is 19.3 Å². The third kappa shape index (κ3) is 5.53. The van der Waals surface area contributed by atoms with Gasteiger partial charge in [-0.05, 0) is 64.6 Å². The summed E-state index contributed by atoms with van der Waals surface area (Å²) in [5.41, 5.74) is 8.16. The van der Waals surface area contributed by atoms with Crippen LogP contribution in [0, 0.1) is 6.92 Å². The molecular formula is C31H26N4O. The van der Waals surface area contributed by atoms with Gasteiger partial charge in [-0.2, -0.15) is 0 Å². The highest BCUT2D eigenvalue weighted by Crippen LogP contribution is 2.30. The summed E-state index contributed by atoms with van der Waals surface area (Å²) in [4.78, 5) is 25.7. The number of carbonyl (C=O) groups excluding carboxylic acids is 1. The van der Waals surface area contributed by atoms with Crippen molar-refractivity contribution in [2.75, 3.05) is 5.32 Å². The Hall–Kier alpha value is -4.64. The topological polar surface area (TPSA) is 67.8 Å². The van der Waals surface area contributed by atoms with Crippen molar-refractivity contribution in [3.63, 3.8) is 0 Å². The van der Waals surface area contributed by atoms with E-state index in [1.54, 1.807) is 18.6 Å². The molecule has 1 amide bonds. The number of hydrogen-bond donors (Lipinski definition) is 1.